The maximum atomic E-state index is 11.6. The van der Waals surface area contributed by atoms with Crippen molar-refractivity contribution in [3.05, 3.63) is 35.9 Å². The van der Waals surface area contributed by atoms with Crippen LogP contribution in [0.25, 0.3) is 0 Å². The molecule has 1 atom stereocenters. The van der Waals surface area contributed by atoms with Crippen LogP contribution in [0.15, 0.2) is 30.3 Å². The zero-order valence-corrected chi connectivity index (χ0v) is 13.4. The molecule has 1 fully saturated rings. The first-order valence-electron chi connectivity index (χ1n) is 7.35. The summed E-state index contributed by atoms with van der Waals surface area (Å²) in [5, 5.41) is 10.8. The fourth-order valence-electron chi connectivity index (χ4n) is 3.44. The van der Waals surface area contributed by atoms with Crippen molar-refractivity contribution >= 4 is 8.32 Å². The van der Waals surface area contributed by atoms with E-state index >= 15 is 0 Å². The van der Waals surface area contributed by atoms with Crippen LogP contribution in [0.5, 0.6) is 0 Å². The zero-order valence-electron chi connectivity index (χ0n) is 12.4. The summed E-state index contributed by atoms with van der Waals surface area (Å²) in [6.45, 7) is 4.27. The second-order valence-electron chi connectivity index (χ2n) is 6.18. The molecule has 1 unspecified atom stereocenters. The molecule has 0 aliphatic heterocycles. The van der Waals surface area contributed by atoms with E-state index in [1.807, 2.05) is 18.2 Å². The molecule has 19 heavy (non-hydrogen) atoms. The molecule has 0 bridgehead atoms. The number of benzene rings is 1. The van der Waals surface area contributed by atoms with Crippen molar-refractivity contribution in [3.63, 3.8) is 0 Å². The largest absolute Gasteiger partial charge is 0.417 e. The van der Waals surface area contributed by atoms with E-state index < -0.39 is 13.5 Å². The minimum atomic E-state index is -2.20. The molecule has 106 valence electrons. The van der Waals surface area contributed by atoms with Gasteiger partial charge in [0.05, 0.1) is 0 Å². The van der Waals surface area contributed by atoms with Gasteiger partial charge in [0.2, 0.25) is 8.32 Å². The first-order valence-corrected chi connectivity index (χ1v) is 10.3. The van der Waals surface area contributed by atoms with Gasteiger partial charge in [-0.2, -0.15) is 0 Å². The van der Waals surface area contributed by atoms with Crippen LogP contribution >= 0.6 is 0 Å². The van der Waals surface area contributed by atoms with Crippen molar-refractivity contribution in [2.24, 2.45) is 5.92 Å². The average Bonchev–Trinajstić information content (AvgIpc) is 2.48. The Kier molecular flexibility index (Phi) is 4.49. The Morgan fingerprint density at radius 3 is 2.21 bits per heavy atom. The van der Waals surface area contributed by atoms with Crippen molar-refractivity contribution in [2.75, 3.05) is 7.11 Å². The zero-order chi connectivity index (χ0) is 13.9. The summed E-state index contributed by atoms with van der Waals surface area (Å²) in [6, 6.07) is 10.2. The third-order valence-corrected chi connectivity index (χ3v) is 8.39. The summed E-state index contributed by atoms with van der Waals surface area (Å²) in [4.78, 5) is 0. The number of rotatable bonds is 4. The maximum absolute atomic E-state index is 11.6. The monoisotopic (exact) mass is 278 g/mol. The highest BCUT2D eigenvalue weighted by molar-refractivity contribution is 6.73. The van der Waals surface area contributed by atoms with E-state index in [4.69, 9.17) is 4.43 Å². The van der Waals surface area contributed by atoms with Gasteiger partial charge in [-0.3, -0.25) is 0 Å². The van der Waals surface area contributed by atoms with Crippen LogP contribution in [0.2, 0.25) is 13.1 Å². The SMILES string of the molecule is CO[Si](C)(C)C(O)(c1ccccc1)C1CCCCC1. The summed E-state index contributed by atoms with van der Waals surface area (Å²) >= 11 is 0. The summed E-state index contributed by atoms with van der Waals surface area (Å²) in [5.41, 5.74) is 1.04. The van der Waals surface area contributed by atoms with Gasteiger partial charge in [-0.25, -0.2) is 0 Å². The van der Waals surface area contributed by atoms with Gasteiger partial charge in [0.25, 0.3) is 0 Å². The normalized spacial score (nSPS) is 21.1. The second-order valence-corrected chi connectivity index (χ2v) is 10.4. The topological polar surface area (TPSA) is 29.5 Å². The van der Waals surface area contributed by atoms with Crippen LogP contribution in [0, 0.1) is 5.92 Å². The first kappa shape index (κ1) is 14.8. The molecule has 1 aromatic rings. The van der Waals surface area contributed by atoms with Crippen molar-refractivity contribution in [3.8, 4) is 0 Å². The van der Waals surface area contributed by atoms with Crippen molar-refractivity contribution in [1.82, 2.24) is 0 Å². The van der Waals surface area contributed by atoms with E-state index in [-0.39, 0.29) is 0 Å². The minimum Gasteiger partial charge on any atom is -0.417 e. The van der Waals surface area contributed by atoms with Crippen LogP contribution in [0.3, 0.4) is 0 Å². The number of hydrogen-bond donors (Lipinski definition) is 1. The molecule has 1 aliphatic rings. The molecule has 2 rings (SSSR count). The Bertz CT molecular complexity index is 398. The molecule has 2 nitrogen and oxygen atoms in total. The van der Waals surface area contributed by atoms with Crippen molar-refractivity contribution in [2.45, 2.75) is 50.4 Å². The third kappa shape index (κ3) is 2.64. The summed E-state index contributed by atoms with van der Waals surface area (Å²) < 4.78 is 5.80. The predicted molar refractivity (Wildman–Crippen MR) is 81.4 cm³/mol. The van der Waals surface area contributed by atoms with Crippen LogP contribution in [-0.4, -0.2) is 20.5 Å². The Morgan fingerprint density at radius 1 is 1.11 bits per heavy atom. The number of hydrogen-bond acceptors (Lipinski definition) is 2. The van der Waals surface area contributed by atoms with Crippen LogP contribution < -0.4 is 0 Å². The molecular formula is C16H26O2Si. The fraction of sp³-hybridized carbons (Fsp3) is 0.625. The Labute approximate surface area is 117 Å². The average molecular weight is 278 g/mol. The van der Waals surface area contributed by atoms with Crippen molar-refractivity contribution < 1.29 is 9.53 Å². The van der Waals surface area contributed by atoms with Gasteiger partial charge >= 0.3 is 0 Å². The van der Waals surface area contributed by atoms with Gasteiger partial charge in [0.15, 0.2) is 0 Å². The van der Waals surface area contributed by atoms with Crippen LogP contribution in [0.4, 0.5) is 0 Å². The third-order valence-electron chi connectivity index (χ3n) is 4.84. The number of aliphatic hydroxyl groups is 1. The van der Waals surface area contributed by atoms with Crippen LogP contribution in [-0.2, 0) is 9.65 Å². The lowest BCUT2D eigenvalue weighted by atomic mass is 9.82. The molecule has 0 spiro atoms. The van der Waals surface area contributed by atoms with Crippen molar-refractivity contribution in [1.29, 1.82) is 0 Å². The quantitative estimate of drug-likeness (QED) is 0.848. The lowest BCUT2D eigenvalue weighted by Crippen LogP contribution is -2.58. The van der Waals surface area contributed by atoms with E-state index in [0.29, 0.717) is 5.92 Å². The second kappa shape index (κ2) is 5.78. The molecule has 0 amide bonds. The maximum Gasteiger partial charge on any atom is 0.223 e. The minimum absolute atomic E-state index is 0.338. The van der Waals surface area contributed by atoms with Gasteiger partial charge in [0, 0.05) is 7.11 Å². The van der Waals surface area contributed by atoms with E-state index in [0.717, 1.165) is 18.4 Å². The lowest BCUT2D eigenvalue weighted by molar-refractivity contribution is 0.0119. The van der Waals surface area contributed by atoms with E-state index in [1.165, 1.54) is 19.3 Å². The fourth-order valence-corrected chi connectivity index (χ4v) is 5.89. The smallest absolute Gasteiger partial charge is 0.223 e. The summed E-state index contributed by atoms with van der Waals surface area (Å²) in [7, 11) is -0.451. The first-order chi connectivity index (χ1) is 9.02. The Hall–Kier alpha value is -0.643. The highest BCUT2D eigenvalue weighted by Gasteiger charge is 2.53. The molecule has 1 aromatic carbocycles. The Morgan fingerprint density at radius 2 is 1.68 bits per heavy atom. The molecule has 1 saturated carbocycles. The van der Waals surface area contributed by atoms with Crippen LogP contribution in [0.1, 0.15) is 37.7 Å². The molecular weight excluding hydrogens is 252 g/mol. The summed E-state index contributed by atoms with van der Waals surface area (Å²) in [5.74, 6) is 0.338. The highest BCUT2D eigenvalue weighted by Crippen LogP contribution is 2.45. The molecule has 3 heteroatoms. The van der Waals surface area contributed by atoms with Gasteiger partial charge in [0.1, 0.15) is 5.22 Å². The summed E-state index contributed by atoms with van der Waals surface area (Å²) in [6.07, 6.45) is 5.99. The highest BCUT2D eigenvalue weighted by atomic mass is 28.4. The molecule has 1 aliphatic carbocycles. The lowest BCUT2D eigenvalue weighted by Gasteiger charge is -2.47. The van der Waals surface area contributed by atoms with E-state index in [1.54, 1.807) is 7.11 Å². The molecule has 0 saturated heterocycles. The van der Waals surface area contributed by atoms with Gasteiger partial charge in [-0.1, -0.05) is 49.6 Å². The molecule has 0 radical (unpaired) electrons. The molecule has 0 heterocycles. The van der Waals surface area contributed by atoms with Gasteiger partial charge < -0.3 is 9.53 Å². The standard InChI is InChI=1S/C16H26O2Si/c1-18-19(2,3)16(17,14-10-6-4-7-11-14)15-12-8-5-9-13-15/h4,6-7,10-11,15,17H,5,8-9,12-13H2,1-3H3. The molecule has 1 N–H and O–H groups in total. The Balaban J connectivity index is 2.43. The molecule has 0 aromatic heterocycles. The van der Waals surface area contributed by atoms with E-state index in [9.17, 15) is 5.11 Å². The predicted octanol–water partition coefficient (Wildman–Crippen LogP) is 3.85. The van der Waals surface area contributed by atoms with Gasteiger partial charge in [-0.05, 0) is 37.4 Å². The van der Waals surface area contributed by atoms with Gasteiger partial charge in [-0.15, -0.1) is 0 Å². The van der Waals surface area contributed by atoms with E-state index in [2.05, 4.69) is 25.2 Å².